The molecule has 0 amide bonds. The Labute approximate surface area is 96.3 Å². The molecule has 3 heterocycles. The van der Waals surface area contributed by atoms with E-state index >= 15 is 0 Å². The van der Waals surface area contributed by atoms with Crippen LogP contribution in [0.15, 0.2) is 30.6 Å². The van der Waals surface area contributed by atoms with E-state index in [2.05, 4.69) is 18.7 Å². The van der Waals surface area contributed by atoms with Crippen LogP contribution in [-0.4, -0.2) is 18.7 Å². The number of hydrogen-bond donors (Lipinski definition) is 0. The highest BCUT2D eigenvalue weighted by Gasteiger charge is 2.06. The largest absolute Gasteiger partial charge is 0.256 e. The van der Waals surface area contributed by atoms with Gasteiger partial charge in [0.1, 0.15) is 5.52 Å². The molecule has 0 bridgehead atoms. The Morgan fingerprint density at radius 1 is 1.19 bits per heavy atom. The Balaban J connectivity index is 2.22. The predicted molar refractivity (Wildman–Crippen MR) is 63.2 cm³/mol. The van der Waals surface area contributed by atoms with Crippen molar-refractivity contribution in [3.05, 3.63) is 36.2 Å². The van der Waals surface area contributed by atoms with Gasteiger partial charge in [-0.3, -0.25) is 4.98 Å². The number of aryl methyl sites for hydroxylation is 1. The molecule has 0 fully saturated rings. The molecule has 78 valence electrons. The molecule has 0 saturated carbocycles. The summed E-state index contributed by atoms with van der Waals surface area (Å²) in [5.74, 6) is 0. The van der Waals surface area contributed by atoms with Gasteiger partial charge in [0, 0.05) is 18.0 Å². The molecule has 5 heteroatoms. The highest BCUT2D eigenvalue weighted by atomic mass is 32.1. The number of nitrogens with zero attached hydrogens (tertiary/aromatic N) is 4. The maximum Gasteiger partial charge on any atom is 0.193 e. The van der Waals surface area contributed by atoms with E-state index < -0.39 is 0 Å². The minimum atomic E-state index is 0.697. The summed E-state index contributed by atoms with van der Waals surface area (Å²) in [6.45, 7) is 2.03. The molecule has 3 aromatic rings. The standard InChI is InChI=1S/C11H8N4S/c1-7-3-2-4-12-10(7)8-5-9-11(13-6-8)15-16-14-9/h2-6H,1H3. The van der Waals surface area contributed by atoms with E-state index in [0.717, 1.165) is 22.3 Å². The summed E-state index contributed by atoms with van der Waals surface area (Å²) in [6, 6.07) is 5.93. The van der Waals surface area contributed by atoms with E-state index in [1.165, 1.54) is 11.7 Å². The summed E-state index contributed by atoms with van der Waals surface area (Å²) in [5, 5.41) is 0. The lowest BCUT2D eigenvalue weighted by Gasteiger charge is -2.02. The first-order valence-corrected chi connectivity index (χ1v) is 5.58. The van der Waals surface area contributed by atoms with Crippen molar-refractivity contribution in [1.82, 2.24) is 18.7 Å². The van der Waals surface area contributed by atoms with Crippen LogP contribution >= 0.6 is 11.7 Å². The number of hydrogen-bond acceptors (Lipinski definition) is 5. The van der Waals surface area contributed by atoms with Crippen molar-refractivity contribution in [2.75, 3.05) is 0 Å². The smallest absolute Gasteiger partial charge is 0.193 e. The van der Waals surface area contributed by atoms with Gasteiger partial charge in [0.15, 0.2) is 5.65 Å². The zero-order valence-electron chi connectivity index (χ0n) is 8.58. The van der Waals surface area contributed by atoms with Crippen molar-refractivity contribution in [3.8, 4) is 11.3 Å². The fourth-order valence-electron chi connectivity index (χ4n) is 1.60. The predicted octanol–water partition coefficient (Wildman–Crippen LogP) is 2.46. The highest BCUT2D eigenvalue weighted by Crippen LogP contribution is 2.22. The maximum atomic E-state index is 4.35. The van der Waals surface area contributed by atoms with Crippen molar-refractivity contribution < 1.29 is 0 Å². The van der Waals surface area contributed by atoms with Crippen LogP contribution in [0.4, 0.5) is 0 Å². The molecule has 0 aliphatic carbocycles. The minimum Gasteiger partial charge on any atom is -0.256 e. The van der Waals surface area contributed by atoms with Gasteiger partial charge in [-0.25, -0.2) is 4.98 Å². The van der Waals surface area contributed by atoms with E-state index in [4.69, 9.17) is 0 Å². The summed E-state index contributed by atoms with van der Waals surface area (Å²) < 4.78 is 8.25. The second-order valence-corrected chi connectivity index (χ2v) is 4.03. The molecule has 0 spiro atoms. The molecule has 0 N–H and O–H groups in total. The fourth-order valence-corrected chi connectivity index (χ4v) is 2.09. The van der Waals surface area contributed by atoms with Crippen LogP contribution in [0.3, 0.4) is 0 Å². The molecule has 0 aliphatic heterocycles. The molecule has 3 aromatic heterocycles. The molecule has 0 unspecified atom stereocenters. The fraction of sp³-hybridized carbons (Fsp3) is 0.0909. The number of rotatable bonds is 1. The van der Waals surface area contributed by atoms with Gasteiger partial charge in [0.05, 0.1) is 17.4 Å². The van der Waals surface area contributed by atoms with Crippen molar-refractivity contribution in [2.24, 2.45) is 0 Å². The Bertz CT molecular complexity index is 647. The monoisotopic (exact) mass is 228 g/mol. The van der Waals surface area contributed by atoms with Crippen molar-refractivity contribution in [1.29, 1.82) is 0 Å². The van der Waals surface area contributed by atoms with Gasteiger partial charge in [0.2, 0.25) is 0 Å². The molecule has 0 aromatic carbocycles. The van der Waals surface area contributed by atoms with Crippen molar-refractivity contribution in [2.45, 2.75) is 6.92 Å². The molecule has 3 rings (SSSR count). The zero-order valence-corrected chi connectivity index (χ0v) is 9.40. The highest BCUT2D eigenvalue weighted by molar-refractivity contribution is 7.00. The lowest BCUT2D eigenvalue weighted by atomic mass is 10.1. The van der Waals surface area contributed by atoms with E-state index in [9.17, 15) is 0 Å². The average Bonchev–Trinajstić information content (AvgIpc) is 2.76. The van der Waals surface area contributed by atoms with Gasteiger partial charge in [-0.2, -0.15) is 8.75 Å². The van der Waals surface area contributed by atoms with Gasteiger partial charge in [0.25, 0.3) is 0 Å². The summed E-state index contributed by atoms with van der Waals surface area (Å²) in [5.41, 5.74) is 4.59. The third-order valence-electron chi connectivity index (χ3n) is 2.40. The number of pyridine rings is 2. The second-order valence-electron chi connectivity index (χ2n) is 3.50. The van der Waals surface area contributed by atoms with Gasteiger partial charge in [-0.05, 0) is 24.6 Å². The first-order chi connectivity index (χ1) is 7.84. The van der Waals surface area contributed by atoms with E-state index in [-0.39, 0.29) is 0 Å². The van der Waals surface area contributed by atoms with Crippen LogP contribution in [0, 0.1) is 6.92 Å². The third-order valence-corrected chi connectivity index (χ3v) is 2.93. The first-order valence-electron chi connectivity index (χ1n) is 4.85. The Morgan fingerprint density at radius 3 is 3.00 bits per heavy atom. The molecular weight excluding hydrogens is 220 g/mol. The lowest BCUT2D eigenvalue weighted by molar-refractivity contribution is 1.25. The van der Waals surface area contributed by atoms with E-state index in [1.807, 2.05) is 25.1 Å². The summed E-state index contributed by atoms with van der Waals surface area (Å²) in [6.07, 6.45) is 3.57. The van der Waals surface area contributed by atoms with Crippen LogP contribution in [-0.2, 0) is 0 Å². The number of fused-ring (bicyclic) bond motifs is 1. The molecule has 0 radical (unpaired) electrons. The molecular formula is C11H8N4S. The summed E-state index contributed by atoms with van der Waals surface area (Å²) in [4.78, 5) is 8.61. The molecule has 0 atom stereocenters. The lowest BCUT2D eigenvalue weighted by Crippen LogP contribution is -1.88. The van der Waals surface area contributed by atoms with Gasteiger partial charge in [-0.1, -0.05) is 6.07 Å². The van der Waals surface area contributed by atoms with Crippen LogP contribution < -0.4 is 0 Å². The van der Waals surface area contributed by atoms with Crippen LogP contribution in [0.25, 0.3) is 22.4 Å². The van der Waals surface area contributed by atoms with Crippen molar-refractivity contribution in [3.63, 3.8) is 0 Å². The molecule has 4 nitrogen and oxygen atoms in total. The Morgan fingerprint density at radius 2 is 2.12 bits per heavy atom. The Hall–Kier alpha value is -1.88. The molecule has 0 aliphatic rings. The second kappa shape index (κ2) is 3.61. The zero-order chi connectivity index (χ0) is 11.0. The van der Waals surface area contributed by atoms with Crippen LogP contribution in [0.2, 0.25) is 0 Å². The number of aromatic nitrogens is 4. The van der Waals surface area contributed by atoms with Gasteiger partial charge < -0.3 is 0 Å². The van der Waals surface area contributed by atoms with E-state index in [1.54, 1.807) is 12.4 Å². The van der Waals surface area contributed by atoms with Gasteiger partial charge >= 0.3 is 0 Å². The van der Waals surface area contributed by atoms with Crippen LogP contribution in [0.5, 0.6) is 0 Å². The third kappa shape index (κ3) is 1.45. The summed E-state index contributed by atoms with van der Waals surface area (Å²) in [7, 11) is 0. The maximum absolute atomic E-state index is 4.35. The molecule has 16 heavy (non-hydrogen) atoms. The normalized spacial score (nSPS) is 10.8. The average molecular weight is 228 g/mol. The molecule has 0 saturated heterocycles. The Kier molecular flexibility index (Phi) is 2.11. The topological polar surface area (TPSA) is 51.6 Å². The first kappa shape index (κ1) is 9.35. The quantitative estimate of drug-likeness (QED) is 0.642. The minimum absolute atomic E-state index is 0.697. The van der Waals surface area contributed by atoms with Gasteiger partial charge in [-0.15, -0.1) is 0 Å². The van der Waals surface area contributed by atoms with E-state index in [0.29, 0.717) is 5.65 Å². The van der Waals surface area contributed by atoms with Crippen molar-refractivity contribution >= 4 is 22.9 Å². The summed E-state index contributed by atoms with van der Waals surface area (Å²) >= 11 is 1.18. The van der Waals surface area contributed by atoms with Crippen LogP contribution in [0.1, 0.15) is 5.56 Å². The SMILES string of the molecule is Cc1cccnc1-c1cnc2nsnc2c1.